The lowest BCUT2D eigenvalue weighted by atomic mass is 10.2. The maximum absolute atomic E-state index is 12.3. The van der Waals surface area contributed by atoms with Gasteiger partial charge in [-0.25, -0.2) is 0 Å². The topological polar surface area (TPSA) is 71.3 Å². The molecule has 0 aliphatic rings. The average Bonchev–Trinajstić information content (AvgIpc) is 2.61. The minimum atomic E-state index is -2.95. The van der Waals surface area contributed by atoms with Crippen LogP contribution in [-0.2, 0) is 4.79 Å². The second-order valence-electron chi connectivity index (χ2n) is 4.80. The fourth-order valence-electron chi connectivity index (χ4n) is 1.97. The predicted molar refractivity (Wildman–Crippen MR) is 88.4 cm³/mol. The highest BCUT2D eigenvalue weighted by atomic mass is 19.3. The molecular formula is C18H14F2N2O3. The van der Waals surface area contributed by atoms with E-state index in [1.165, 1.54) is 37.5 Å². The number of benzene rings is 2. The van der Waals surface area contributed by atoms with Crippen molar-refractivity contribution in [3.05, 3.63) is 59.7 Å². The Kier molecular flexibility index (Phi) is 6.07. The van der Waals surface area contributed by atoms with E-state index in [-0.39, 0.29) is 17.4 Å². The van der Waals surface area contributed by atoms with Gasteiger partial charge in [0.1, 0.15) is 0 Å². The van der Waals surface area contributed by atoms with Gasteiger partial charge in [-0.05, 0) is 48.0 Å². The maximum atomic E-state index is 12.3. The molecule has 2 aromatic rings. The lowest BCUT2D eigenvalue weighted by Crippen LogP contribution is -2.07. The van der Waals surface area contributed by atoms with E-state index in [0.29, 0.717) is 16.8 Å². The predicted octanol–water partition coefficient (Wildman–Crippen LogP) is 3.82. The van der Waals surface area contributed by atoms with E-state index in [2.05, 4.69) is 10.1 Å². The third kappa shape index (κ3) is 5.32. The molecule has 0 fully saturated rings. The van der Waals surface area contributed by atoms with Crippen molar-refractivity contribution in [2.45, 2.75) is 6.61 Å². The minimum absolute atomic E-state index is 0.0864. The van der Waals surface area contributed by atoms with Crippen LogP contribution in [0.4, 0.5) is 14.5 Å². The highest BCUT2D eigenvalue weighted by Gasteiger charge is 2.10. The van der Waals surface area contributed by atoms with Crippen molar-refractivity contribution in [3.63, 3.8) is 0 Å². The summed E-state index contributed by atoms with van der Waals surface area (Å²) in [7, 11) is 1.33. The maximum Gasteiger partial charge on any atom is 0.387 e. The summed E-state index contributed by atoms with van der Waals surface area (Å²) in [5.74, 6) is -0.330. The normalized spacial score (nSPS) is 10.5. The summed E-state index contributed by atoms with van der Waals surface area (Å²) in [6, 6.07) is 12.7. The Balaban J connectivity index is 2.04. The second kappa shape index (κ2) is 8.45. The number of nitrogens with one attached hydrogen (secondary N) is 1. The van der Waals surface area contributed by atoms with Crippen LogP contribution in [0.25, 0.3) is 6.08 Å². The Morgan fingerprint density at radius 3 is 2.52 bits per heavy atom. The van der Waals surface area contributed by atoms with E-state index in [1.54, 1.807) is 24.3 Å². The Morgan fingerprint density at radius 2 is 1.92 bits per heavy atom. The number of carbonyl (C=O) groups excluding carboxylic acids is 1. The van der Waals surface area contributed by atoms with Gasteiger partial charge in [-0.2, -0.15) is 14.0 Å². The van der Waals surface area contributed by atoms with Crippen LogP contribution < -0.4 is 14.8 Å². The molecule has 0 aromatic heterocycles. The van der Waals surface area contributed by atoms with Crippen LogP contribution in [-0.4, -0.2) is 19.6 Å². The van der Waals surface area contributed by atoms with Crippen molar-refractivity contribution < 1.29 is 23.0 Å². The molecule has 0 radical (unpaired) electrons. The smallest absolute Gasteiger partial charge is 0.387 e. The first kappa shape index (κ1) is 17.9. The summed E-state index contributed by atoms with van der Waals surface area (Å²) in [5.41, 5.74) is 1.62. The van der Waals surface area contributed by atoms with E-state index in [4.69, 9.17) is 10.00 Å². The monoisotopic (exact) mass is 344 g/mol. The van der Waals surface area contributed by atoms with Crippen molar-refractivity contribution in [2.75, 3.05) is 12.4 Å². The number of nitrogens with zero attached hydrogens (tertiary/aromatic N) is 1. The molecule has 25 heavy (non-hydrogen) atoms. The summed E-state index contributed by atoms with van der Waals surface area (Å²) in [6.07, 6.45) is 2.80. The van der Waals surface area contributed by atoms with E-state index in [0.717, 1.165) is 0 Å². The summed E-state index contributed by atoms with van der Waals surface area (Å²) in [4.78, 5) is 11.9. The van der Waals surface area contributed by atoms with E-state index < -0.39 is 6.61 Å². The Hall–Kier alpha value is -3.40. The summed E-state index contributed by atoms with van der Waals surface area (Å²) in [6.45, 7) is -2.95. The molecule has 2 aromatic carbocycles. The van der Waals surface area contributed by atoms with Gasteiger partial charge in [0.2, 0.25) is 5.91 Å². The van der Waals surface area contributed by atoms with Gasteiger partial charge in [0, 0.05) is 11.8 Å². The molecule has 0 aliphatic carbocycles. The van der Waals surface area contributed by atoms with E-state index in [1.807, 2.05) is 6.07 Å². The SMILES string of the molecule is COc1cc(/C=C/C(=O)Nc2ccc(C#N)cc2)ccc1OC(F)F. The van der Waals surface area contributed by atoms with Gasteiger partial charge in [-0.15, -0.1) is 0 Å². The quantitative estimate of drug-likeness (QED) is 0.809. The van der Waals surface area contributed by atoms with E-state index >= 15 is 0 Å². The lowest BCUT2D eigenvalue weighted by molar-refractivity contribution is -0.111. The van der Waals surface area contributed by atoms with Crippen molar-refractivity contribution in [3.8, 4) is 17.6 Å². The Bertz CT molecular complexity index is 812. The van der Waals surface area contributed by atoms with Gasteiger partial charge >= 0.3 is 6.61 Å². The van der Waals surface area contributed by atoms with Gasteiger partial charge in [0.05, 0.1) is 18.7 Å². The van der Waals surface area contributed by atoms with Crippen molar-refractivity contribution >= 4 is 17.7 Å². The number of anilines is 1. The Labute approximate surface area is 143 Å². The molecule has 5 nitrogen and oxygen atoms in total. The molecule has 0 saturated carbocycles. The molecule has 0 heterocycles. The number of hydrogen-bond donors (Lipinski definition) is 1. The van der Waals surface area contributed by atoms with Gasteiger partial charge in [0.15, 0.2) is 11.5 Å². The third-order valence-electron chi connectivity index (χ3n) is 3.11. The standard InChI is InChI=1S/C18H14F2N2O3/c1-24-16-10-12(4-8-15(16)25-18(19)20)5-9-17(23)22-14-6-2-13(11-21)3-7-14/h2-10,18H,1H3,(H,22,23)/b9-5+. The number of ether oxygens (including phenoxy) is 2. The summed E-state index contributed by atoms with van der Waals surface area (Å²) >= 11 is 0. The second-order valence-corrected chi connectivity index (χ2v) is 4.80. The molecule has 1 N–H and O–H groups in total. The number of nitriles is 1. The molecule has 2 rings (SSSR count). The molecule has 1 amide bonds. The number of hydrogen-bond acceptors (Lipinski definition) is 4. The van der Waals surface area contributed by atoms with Crippen molar-refractivity contribution in [1.82, 2.24) is 0 Å². The van der Waals surface area contributed by atoms with Gasteiger partial charge in [0.25, 0.3) is 0 Å². The molecule has 0 bridgehead atoms. The van der Waals surface area contributed by atoms with Crippen LogP contribution in [0.5, 0.6) is 11.5 Å². The number of halogens is 2. The average molecular weight is 344 g/mol. The van der Waals surface area contributed by atoms with Crippen LogP contribution in [0.15, 0.2) is 48.5 Å². The van der Waals surface area contributed by atoms with Gasteiger partial charge < -0.3 is 14.8 Å². The number of rotatable bonds is 6. The minimum Gasteiger partial charge on any atom is -0.493 e. The molecule has 128 valence electrons. The molecule has 0 atom stereocenters. The van der Waals surface area contributed by atoms with Crippen LogP contribution in [0, 0.1) is 11.3 Å². The van der Waals surface area contributed by atoms with Gasteiger partial charge in [-0.3, -0.25) is 4.79 Å². The highest BCUT2D eigenvalue weighted by molar-refractivity contribution is 6.01. The Morgan fingerprint density at radius 1 is 1.20 bits per heavy atom. The fraction of sp³-hybridized carbons (Fsp3) is 0.111. The van der Waals surface area contributed by atoms with Crippen LogP contribution >= 0.6 is 0 Å². The molecule has 0 unspecified atom stereocenters. The first-order chi connectivity index (χ1) is 12.0. The van der Waals surface area contributed by atoms with Crippen LogP contribution in [0.1, 0.15) is 11.1 Å². The van der Waals surface area contributed by atoms with Gasteiger partial charge in [-0.1, -0.05) is 6.07 Å². The van der Waals surface area contributed by atoms with Crippen LogP contribution in [0.2, 0.25) is 0 Å². The fourth-order valence-corrected chi connectivity index (χ4v) is 1.97. The molecule has 7 heteroatoms. The lowest BCUT2D eigenvalue weighted by Gasteiger charge is -2.10. The zero-order valence-electron chi connectivity index (χ0n) is 13.2. The zero-order valence-corrected chi connectivity index (χ0v) is 13.2. The summed E-state index contributed by atoms with van der Waals surface area (Å²) < 4.78 is 33.9. The first-order valence-electron chi connectivity index (χ1n) is 7.14. The van der Waals surface area contributed by atoms with E-state index in [9.17, 15) is 13.6 Å². The van der Waals surface area contributed by atoms with Crippen molar-refractivity contribution in [1.29, 1.82) is 5.26 Å². The third-order valence-corrected chi connectivity index (χ3v) is 3.11. The molecule has 0 spiro atoms. The number of methoxy groups -OCH3 is 1. The number of alkyl halides is 2. The molecule has 0 saturated heterocycles. The molecule has 0 aliphatic heterocycles. The first-order valence-corrected chi connectivity index (χ1v) is 7.14. The number of amides is 1. The van der Waals surface area contributed by atoms with Crippen molar-refractivity contribution in [2.24, 2.45) is 0 Å². The highest BCUT2D eigenvalue weighted by Crippen LogP contribution is 2.29. The largest absolute Gasteiger partial charge is 0.493 e. The zero-order chi connectivity index (χ0) is 18.2. The summed E-state index contributed by atoms with van der Waals surface area (Å²) in [5, 5.41) is 11.4. The van der Waals surface area contributed by atoms with Crippen LogP contribution in [0.3, 0.4) is 0 Å². The number of carbonyl (C=O) groups is 1. The molecular weight excluding hydrogens is 330 g/mol.